The fraction of sp³-hybridized carbons (Fsp3) is 0.750. The predicted molar refractivity (Wildman–Crippen MR) is 60.6 cm³/mol. The van der Waals surface area contributed by atoms with Crippen LogP contribution in [0.25, 0.3) is 0 Å². The maximum atomic E-state index is 11.4. The normalized spacial score (nSPS) is 12.3. The van der Waals surface area contributed by atoms with E-state index in [0.717, 1.165) is 4.80 Å². The summed E-state index contributed by atoms with van der Waals surface area (Å²) in [6, 6.07) is 0. The molecule has 0 atom stereocenters. The fourth-order valence-electron chi connectivity index (χ4n) is 0.955. The van der Waals surface area contributed by atoms with Crippen molar-refractivity contribution in [3.8, 4) is 0 Å². The number of ether oxygens (including phenoxy) is 2. The second-order valence-corrected chi connectivity index (χ2v) is 4.78. The highest BCUT2D eigenvalue weighted by Crippen LogP contribution is 1.92. The zero-order valence-corrected chi connectivity index (χ0v) is 10.4. The summed E-state index contributed by atoms with van der Waals surface area (Å²) in [7, 11) is 5.83. The average Bonchev–Trinajstić information content (AvgIpc) is 2.58. The Kier molecular flexibility index (Phi) is 5.77. The monoisotopic (exact) mass is 250 g/mol. The van der Waals surface area contributed by atoms with Gasteiger partial charge in [-0.25, -0.2) is 0 Å². The first kappa shape index (κ1) is 12.6. The SMILES string of the molecule is COCCN=c1ssc(=O)n1CCOC. The standard InChI is InChI=1S/C8H14N2O3S2/c1-12-5-3-9-7-10(4-6-13-2)8(11)15-14-7/h3-6H2,1-2H3. The minimum Gasteiger partial charge on any atom is -0.383 e. The summed E-state index contributed by atoms with van der Waals surface area (Å²) in [6.07, 6.45) is 0. The Morgan fingerprint density at radius 3 is 2.67 bits per heavy atom. The Morgan fingerprint density at radius 2 is 2.00 bits per heavy atom. The lowest BCUT2D eigenvalue weighted by molar-refractivity contribution is 0.185. The van der Waals surface area contributed by atoms with Gasteiger partial charge in [-0.15, -0.1) is 0 Å². The summed E-state index contributed by atoms with van der Waals surface area (Å²) < 4.78 is 11.5. The topological polar surface area (TPSA) is 52.8 Å². The van der Waals surface area contributed by atoms with Crippen molar-refractivity contribution in [1.29, 1.82) is 0 Å². The van der Waals surface area contributed by atoms with Gasteiger partial charge in [-0.3, -0.25) is 14.4 Å². The lowest BCUT2D eigenvalue weighted by atomic mass is 10.7. The summed E-state index contributed by atoms with van der Waals surface area (Å²) in [5, 5.41) is 0. The number of rotatable bonds is 6. The van der Waals surface area contributed by atoms with Crippen molar-refractivity contribution >= 4 is 20.7 Å². The van der Waals surface area contributed by atoms with Crippen LogP contribution in [0.4, 0.5) is 0 Å². The summed E-state index contributed by atoms with van der Waals surface area (Å²) in [4.78, 5) is 16.5. The molecule has 0 spiro atoms. The second-order valence-electron chi connectivity index (χ2n) is 2.73. The van der Waals surface area contributed by atoms with Gasteiger partial charge >= 0.3 is 4.87 Å². The van der Waals surface area contributed by atoms with E-state index in [9.17, 15) is 4.79 Å². The molecule has 0 amide bonds. The zero-order chi connectivity index (χ0) is 11.1. The maximum Gasteiger partial charge on any atom is 0.319 e. The predicted octanol–water partition coefficient (Wildman–Crippen LogP) is 0.165. The summed E-state index contributed by atoms with van der Waals surface area (Å²) in [5.41, 5.74) is 0. The van der Waals surface area contributed by atoms with E-state index < -0.39 is 0 Å². The van der Waals surface area contributed by atoms with E-state index >= 15 is 0 Å². The number of methoxy groups -OCH3 is 2. The van der Waals surface area contributed by atoms with Gasteiger partial charge in [0.1, 0.15) is 0 Å². The smallest absolute Gasteiger partial charge is 0.319 e. The molecule has 0 aliphatic rings. The van der Waals surface area contributed by atoms with Gasteiger partial charge in [-0.1, -0.05) is 0 Å². The van der Waals surface area contributed by atoms with Gasteiger partial charge in [-0.05, 0) is 20.7 Å². The number of hydrogen-bond acceptors (Lipinski definition) is 6. The quantitative estimate of drug-likeness (QED) is 0.534. The van der Waals surface area contributed by atoms with E-state index in [2.05, 4.69) is 4.99 Å². The van der Waals surface area contributed by atoms with Crippen LogP contribution in [0.1, 0.15) is 0 Å². The lowest BCUT2D eigenvalue weighted by Crippen LogP contribution is -2.27. The highest BCUT2D eigenvalue weighted by atomic mass is 32.9. The average molecular weight is 250 g/mol. The minimum atomic E-state index is 0.0215. The van der Waals surface area contributed by atoms with Crippen molar-refractivity contribution < 1.29 is 9.47 Å². The molecule has 0 saturated carbocycles. The molecule has 15 heavy (non-hydrogen) atoms. The molecule has 5 nitrogen and oxygen atoms in total. The number of nitrogens with zero attached hydrogens (tertiary/aromatic N) is 2. The van der Waals surface area contributed by atoms with Gasteiger partial charge in [0.25, 0.3) is 0 Å². The highest BCUT2D eigenvalue weighted by molar-refractivity contribution is 7.67. The van der Waals surface area contributed by atoms with Gasteiger partial charge in [0, 0.05) is 14.2 Å². The van der Waals surface area contributed by atoms with Crippen LogP contribution in [-0.4, -0.2) is 38.5 Å². The first-order valence-corrected chi connectivity index (χ1v) is 6.63. The molecule has 0 unspecified atom stereocenters. The van der Waals surface area contributed by atoms with Gasteiger partial charge in [0.05, 0.1) is 26.3 Å². The molecule has 0 radical (unpaired) electrons. The van der Waals surface area contributed by atoms with Gasteiger partial charge in [0.15, 0.2) is 4.80 Å². The molecule has 0 N–H and O–H groups in total. The third-order valence-corrected chi connectivity index (χ3v) is 3.77. The molecule has 1 aromatic heterocycles. The molecule has 1 aromatic rings. The number of aromatic nitrogens is 1. The molecule has 7 heteroatoms. The summed E-state index contributed by atoms with van der Waals surface area (Å²) in [6.45, 7) is 2.23. The molecule has 0 saturated heterocycles. The molecule has 86 valence electrons. The van der Waals surface area contributed by atoms with Gasteiger partial charge in [0.2, 0.25) is 0 Å². The minimum absolute atomic E-state index is 0.0215. The van der Waals surface area contributed by atoms with E-state index in [1.807, 2.05) is 0 Å². The van der Waals surface area contributed by atoms with Crippen LogP contribution in [0.5, 0.6) is 0 Å². The van der Waals surface area contributed by atoms with Crippen molar-refractivity contribution in [2.45, 2.75) is 6.54 Å². The first-order valence-electron chi connectivity index (χ1n) is 4.48. The van der Waals surface area contributed by atoms with Crippen LogP contribution in [0.3, 0.4) is 0 Å². The summed E-state index contributed by atoms with van der Waals surface area (Å²) >= 11 is 0. The maximum absolute atomic E-state index is 11.4. The molecular formula is C8H14N2O3S2. The molecule has 0 bridgehead atoms. The van der Waals surface area contributed by atoms with E-state index in [1.165, 1.54) is 20.7 Å². The van der Waals surface area contributed by atoms with Crippen LogP contribution >= 0.6 is 20.7 Å². The number of hydrogen-bond donors (Lipinski definition) is 0. The largest absolute Gasteiger partial charge is 0.383 e. The molecule has 0 fully saturated rings. The zero-order valence-electron chi connectivity index (χ0n) is 8.76. The van der Waals surface area contributed by atoms with E-state index in [0.29, 0.717) is 26.3 Å². The highest BCUT2D eigenvalue weighted by Gasteiger charge is 2.01. The molecule has 0 aliphatic heterocycles. The van der Waals surface area contributed by atoms with Crippen molar-refractivity contribution in [2.75, 3.05) is 34.0 Å². The van der Waals surface area contributed by atoms with Crippen LogP contribution in [0, 0.1) is 0 Å². The van der Waals surface area contributed by atoms with Gasteiger partial charge in [-0.2, -0.15) is 0 Å². The second kappa shape index (κ2) is 6.89. The van der Waals surface area contributed by atoms with Crippen molar-refractivity contribution in [3.63, 3.8) is 0 Å². The molecule has 1 heterocycles. The Balaban J connectivity index is 2.78. The van der Waals surface area contributed by atoms with Gasteiger partial charge < -0.3 is 9.47 Å². The molecule has 1 rings (SSSR count). The Morgan fingerprint density at radius 1 is 1.27 bits per heavy atom. The van der Waals surface area contributed by atoms with Crippen LogP contribution in [-0.2, 0) is 16.0 Å². The van der Waals surface area contributed by atoms with E-state index in [-0.39, 0.29) is 4.87 Å². The third kappa shape index (κ3) is 3.86. The van der Waals surface area contributed by atoms with Crippen LogP contribution < -0.4 is 9.67 Å². The first-order chi connectivity index (χ1) is 7.29. The molecular weight excluding hydrogens is 236 g/mol. The third-order valence-electron chi connectivity index (χ3n) is 1.70. The van der Waals surface area contributed by atoms with Crippen molar-refractivity contribution in [1.82, 2.24) is 4.57 Å². The Hall–Kier alpha value is -0.500. The van der Waals surface area contributed by atoms with E-state index in [1.54, 1.807) is 18.8 Å². The van der Waals surface area contributed by atoms with E-state index in [4.69, 9.17) is 9.47 Å². The summed E-state index contributed by atoms with van der Waals surface area (Å²) in [5.74, 6) is 0. The van der Waals surface area contributed by atoms with Crippen LogP contribution in [0.15, 0.2) is 9.79 Å². The lowest BCUT2D eigenvalue weighted by Gasteiger charge is -1.99. The fourth-order valence-corrected chi connectivity index (χ4v) is 2.97. The Labute approximate surface area is 95.0 Å². The molecule has 0 aliphatic carbocycles. The van der Waals surface area contributed by atoms with Crippen LogP contribution in [0.2, 0.25) is 0 Å². The van der Waals surface area contributed by atoms with Crippen molar-refractivity contribution in [3.05, 3.63) is 14.5 Å². The van der Waals surface area contributed by atoms with Crippen molar-refractivity contribution in [2.24, 2.45) is 4.99 Å². The molecule has 0 aromatic carbocycles. The Bertz CT molecular complexity index is 393.